The minimum absolute atomic E-state index is 0.216. The van der Waals surface area contributed by atoms with E-state index in [1.807, 2.05) is 6.92 Å². The maximum absolute atomic E-state index is 12.5. The van der Waals surface area contributed by atoms with Crippen LogP contribution >= 0.6 is 11.3 Å². The number of likely N-dealkylation sites (tertiary alicyclic amines) is 1. The lowest BCUT2D eigenvalue weighted by atomic mass is 9.96. The zero-order chi connectivity index (χ0) is 19.6. The predicted octanol–water partition coefficient (Wildman–Crippen LogP) is 2.66. The van der Waals surface area contributed by atoms with E-state index >= 15 is 0 Å². The summed E-state index contributed by atoms with van der Waals surface area (Å²) in [5.74, 6) is -1.67. The molecule has 0 radical (unpaired) electrons. The molecule has 1 fully saturated rings. The Morgan fingerprint density at radius 2 is 1.88 bits per heavy atom. The number of imide groups is 1. The van der Waals surface area contributed by atoms with Crippen LogP contribution in [0.3, 0.4) is 0 Å². The van der Waals surface area contributed by atoms with Gasteiger partial charge in [-0.1, -0.05) is 20.8 Å². The SMILES string of the molecule is Cc1sc(NC(=O)C(C)(C)C)c(C(=O)OCC(=O)N2CCCC2=O)c1C. The van der Waals surface area contributed by atoms with Crippen molar-refractivity contribution in [3.8, 4) is 0 Å². The third-order valence-electron chi connectivity index (χ3n) is 4.20. The largest absolute Gasteiger partial charge is 0.452 e. The highest BCUT2D eigenvalue weighted by molar-refractivity contribution is 7.16. The molecule has 2 rings (SSSR count). The van der Waals surface area contributed by atoms with E-state index in [1.54, 1.807) is 27.7 Å². The fourth-order valence-corrected chi connectivity index (χ4v) is 3.48. The number of hydrogen-bond acceptors (Lipinski definition) is 6. The van der Waals surface area contributed by atoms with Gasteiger partial charge in [-0.2, -0.15) is 0 Å². The lowest BCUT2D eigenvalue weighted by Gasteiger charge is -2.18. The summed E-state index contributed by atoms with van der Waals surface area (Å²) in [5, 5.41) is 3.18. The predicted molar refractivity (Wildman–Crippen MR) is 98.1 cm³/mol. The number of aryl methyl sites for hydroxylation is 1. The van der Waals surface area contributed by atoms with E-state index in [-0.39, 0.29) is 17.4 Å². The number of nitrogens with one attached hydrogen (secondary N) is 1. The number of esters is 1. The highest BCUT2D eigenvalue weighted by Crippen LogP contribution is 2.34. The first-order chi connectivity index (χ1) is 12.0. The van der Waals surface area contributed by atoms with E-state index in [9.17, 15) is 19.2 Å². The Hall–Kier alpha value is -2.22. The Morgan fingerprint density at radius 1 is 1.23 bits per heavy atom. The van der Waals surface area contributed by atoms with Crippen LogP contribution in [0.1, 0.15) is 54.4 Å². The summed E-state index contributed by atoms with van der Waals surface area (Å²) < 4.78 is 5.13. The summed E-state index contributed by atoms with van der Waals surface area (Å²) in [6.07, 6.45) is 0.968. The van der Waals surface area contributed by atoms with E-state index in [2.05, 4.69) is 5.32 Å². The molecule has 1 aromatic heterocycles. The van der Waals surface area contributed by atoms with Gasteiger partial charge in [-0.05, 0) is 25.8 Å². The van der Waals surface area contributed by atoms with Gasteiger partial charge in [-0.3, -0.25) is 19.3 Å². The number of carbonyl (C=O) groups is 4. The summed E-state index contributed by atoms with van der Waals surface area (Å²) in [7, 11) is 0. The molecule has 0 saturated carbocycles. The molecule has 1 saturated heterocycles. The number of nitrogens with zero attached hydrogens (tertiary/aromatic N) is 1. The minimum atomic E-state index is -0.684. The molecule has 1 aliphatic heterocycles. The van der Waals surface area contributed by atoms with Crippen LogP contribution in [0.5, 0.6) is 0 Å². The molecule has 1 N–H and O–H groups in total. The third-order valence-corrected chi connectivity index (χ3v) is 5.32. The molecule has 0 spiro atoms. The van der Waals surface area contributed by atoms with Crippen LogP contribution in [-0.4, -0.2) is 41.7 Å². The Bertz CT molecular complexity index is 760. The van der Waals surface area contributed by atoms with Gasteiger partial charge in [0.1, 0.15) is 5.00 Å². The average Bonchev–Trinajstić information content (AvgIpc) is 3.08. The summed E-state index contributed by atoms with van der Waals surface area (Å²) in [6.45, 7) is 8.81. The molecule has 7 nitrogen and oxygen atoms in total. The summed E-state index contributed by atoms with van der Waals surface area (Å²) in [4.78, 5) is 50.4. The molecule has 2 heterocycles. The fourth-order valence-electron chi connectivity index (χ4n) is 2.44. The van der Waals surface area contributed by atoms with Gasteiger partial charge in [0.25, 0.3) is 5.91 Å². The Kier molecular flexibility index (Phi) is 5.85. The van der Waals surface area contributed by atoms with E-state index in [0.717, 1.165) is 9.78 Å². The molecule has 26 heavy (non-hydrogen) atoms. The number of rotatable bonds is 4. The van der Waals surface area contributed by atoms with Crippen LogP contribution in [-0.2, 0) is 19.1 Å². The lowest BCUT2D eigenvalue weighted by Crippen LogP contribution is -2.35. The van der Waals surface area contributed by atoms with Gasteiger partial charge < -0.3 is 10.1 Å². The number of carbonyl (C=O) groups excluding carboxylic acids is 4. The molecular weight excluding hydrogens is 356 g/mol. The Labute approximate surface area is 156 Å². The number of anilines is 1. The third kappa shape index (κ3) is 4.30. The highest BCUT2D eigenvalue weighted by atomic mass is 32.1. The van der Waals surface area contributed by atoms with Crippen LogP contribution in [0.4, 0.5) is 5.00 Å². The molecule has 0 bridgehead atoms. The zero-order valence-corrected chi connectivity index (χ0v) is 16.5. The van der Waals surface area contributed by atoms with Crippen molar-refractivity contribution in [1.82, 2.24) is 4.90 Å². The summed E-state index contributed by atoms with van der Waals surface area (Å²) in [5.41, 5.74) is 0.346. The molecule has 3 amide bonds. The second-order valence-electron chi connectivity index (χ2n) is 7.31. The summed E-state index contributed by atoms with van der Waals surface area (Å²) >= 11 is 1.29. The lowest BCUT2D eigenvalue weighted by molar-refractivity contribution is -0.144. The van der Waals surface area contributed by atoms with E-state index in [0.29, 0.717) is 30.0 Å². The Balaban J connectivity index is 2.11. The topological polar surface area (TPSA) is 92.8 Å². The van der Waals surface area contributed by atoms with Crippen LogP contribution in [0.2, 0.25) is 0 Å². The molecule has 8 heteroatoms. The van der Waals surface area contributed by atoms with Crippen molar-refractivity contribution < 1.29 is 23.9 Å². The van der Waals surface area contributed by atoms with Crippen LogP contribution in [0, 0.1) is 19.3 Å². The van der Waals surface area contributed by atoms with Gasteiger partial charge in [-0.25, -0.2) is 4.79 Å². The van der Waals surface area contributed by atoms with Crippen molar-refractivity contribution in [2.24, 2.45) is 5.41 Å². The molecule has 0 aliphatic carbocycles. The van der Waals surface area contributed by atoms with Gasteiger partial charge in [0, 0.05) is 23.3 Å². The number of hydrogen-bond donors (Lipinski definition) is 1. The molecule has 0 aromatic carbocycles. The van der Waals surface area contributed by atoms with Crippen LogP contribution in [0.15, 0.2) is 0 Å². The Morgan fingerprint density at radius 3 is 2.42 bits per heavy atom. The smallest absolute Gasteiger partial charge is 0.341 e. The summed E-state index contributed by atoms with van der Waals surface area (Å²) in [6, 6.07) is 0. The molecule has 0 atom stereocenters. The molecular formula is C18H24N2O5S. The second-order valence-corrected chi connectivity index (χ2v) is 8.54. The highest BCUT2D eigenvalue weighted by Gasteiger charge is 2.29. The molecule has 1 aliphatic rings. The number of amides is 3. The maximum Gasteiger partial charge on any atom is 0.341 e. The minimum Gasteiger partial charge on any atom is -0.452 e. The average molecular weight is 380 g/mol. The fraction of sp³-hybridized carbons (Fsp3) is 0.556. The van der Waals surface area contributed by atoms with E-state index in [4.69, 9.17) is 4.74 Å². The quantitative estimate of drug-likeness (QED) is 0.811. The normalized spacial score (nSPS) is 14.5. The van der Waals surface area contributed by atoms with Crippen LogP contribution in [0.25, 0.3) is 0 Å². The van der Waals surface area contributed by atoms with Crippen molar-refractivity contribution in [3.05, 3.63) is 16.0 Å². The monoisotopic (exact) mass is 380 g/mol. The van der Waals surface area contributed by atoms with E-state index in [1.165, 1.54) is 11.3 Å². The standard InChI is InChI=1S/C18H24N2O5S/c1-10-11(2)26-15(19-17(24)18(3,4)5)14(10)16(23)25-9-13(22)20-8-6-7-12(20)21/h6-9H2,1-5H3,(H,19,24). The molecule has 0 unspecified atom stereocenters. The first kappa shape index (κ1) is 20.1. The van der Waals surface area contributed by atoms with Crippen molar-refractivity contribution in [1.29, 1.82) is 0 Å². The maximum atomic E-state index is 12.5. The van der Waals surface area contributed by atoms with Crippen LogP contribution < -0.4 is 5.32 Å². The van der Waals surface area contributed by atoms with Gasteiger partial charge in [0.05, 0.1) is 5.56 Å². The number of ether oxygens (including phenoxy) is 1. The second kappa shape index (κ2) is 7.57. The van der Waals surface area contributed by atoms with Gasteiger partial charge >= 0.3 is 5.97 Å². The zero-order valence-electron chi connectivity index (χ0n) is 15.7. The van der Waals surface area contributed by atoms with Crippen molar-refractivity contribution in [2.45, 2.75) is 47.5 Å². The van der Waals surface area contributed by atoms with Crippen molar-refractivity contribution in [2.75, 3.05) is 18.5 Å². The van der Waals surface area contributed by atoms with Gasteiger partial charge in [0.2, 0.25) is 11.8 Å². The van der Waals surface area contributed by atoms with Gasteiger partial charge in [0.15, 0.2) is 6.61 Å². The van der Waals surface area contributed by atoms with E-state index < -0.39 is 23.9 Å². The van der Waals surface area contributed by atoms with Gasteiger partial charge in [-0.15, -0.1) is 11.3 Å². The van der Waals surface area contributed by atoms with Crippen molar-refractivity contribution >= 4 is 40.0 Å². The van der Waals surface area contributed by atoms with Crippen molar-refractivity contribution in [3.63, 3.8) is 0 Å². The first-order valence-corrected chi connectivity index (χ1v) is 9.25. The molecule has 142 valence electrons. The molecule has 1 aromatic rings. The number of thiophene rings is 1. The first-order valence-electron chi connectivity index (χ1n) is 8.44.